The number of amides is 1. The van der Waals surface area contributed by atoms with Gasteiger partial charge in [-0.15, -0.1) is 11.3 Å². The van der Waals surface area contributed by atoms with Crippen LogP contribution in [-0.4, -0.2) is 16.1 Å². The molecule has 3 rings (SSSR count). The summed E-state index contributed by atoms with van der Waals surface area (Å²) in [5.41, 5.74) is 5.07. The van der Waals surface area contributed by atoms with E-state index in [0.29, 0.717) is 5.88 Å². The van der Waals surface area contributed by atoms with Crippen LogP contribution in [0.5, 0.6) is 5.88 Å². The van der Waals surface area contributed by atoms with Crippen molar-refractivity contribution in [2.24, 2.45) is 5.73 Å². The molecule has 5 nitrogen and oxygen atoms in total. The Morgan fingerprint density at radius 3 is 3.05 bits per heavy atom. The quantitative estimate of drug-likeness (QED) is 0.776. The van der Waals surface area contributed by atoms with Gasteiger partial charge in [0.2, 0.25) is 5.88 Å². The van der Waals surface area contributed by atoms with E-state index in [-0.39, 0.29) is 0 Å². The highest BCUT2D eigenvalue weighted by Crippen LogP contribution is 2.41. The van der Waals surface area contributed by atoms with Crippen LogP contribution in [0.15, 0.2) is 45.8 Å². The number of H-pyrrole nitrogens is 1. The minimum absolute atomic E-state index is 0.366. The monoisotopic (exact) mass is 291 g/mol. The second kappa shape index (κ2) is 4.94. The van der Waals surface area contributed by atoms with E-state index in [1.807, 2.05) is 29.6 Å². The first-order chi connectivity index (χ1) is 9.24. The molecule has 0 aliphatic carbocycles. The van der Waals surface area contributed by atoms with Gasteiger partial charge in [-0.1, -0.05) is 17.8 Å². The largest absolute Gasteiger partial charge is 0.411 e. The number of primary amides is 1. The molecule has 0 unspecified atom stereocenters. The van der Waals surface area contributed by atoms with Gasteiger partial charge >= 0.3 is 6.09 Å². The summed E-state index contributed by atoms with van der Waals surface area (Å²) in [6, 6.07) is 7.61. The molecule has 0 spiro atoms. The molecule has 0 aliphatic heterocycles. The number of carbonyl (C=O) groups is 1. The van der Waals surface area contributed by atoms with Crippen LogP contribution in [0.25, 0.3) is 10.2 Å². The lowest BCUT2D eigenvalue weighted by Gasteiger charge is -2.02. The molecular weight excluding hydrogens is 282 g/mol. The van der Waals surface area contributed by atoms with Crippen molar-refractivity contribution >= 4 is 39.4 Å². The number of nitrogens with one attached hydrogen (secondary N) is 1. The third-order valence-corrected chi connectivity index (χ3v) is 4.28. The van der Waals surface area contributed by atoms with E-state index >= 15 is 0 Å². The summed E-state index contributed by atoms with van der Waals surface area (Å²) < 4.78 is 5.00. The number of aromatic amines is 1. The summed E-state index contributed by atoms with van der Waals surface area (Å²) in [7, 11) is 0. The molecule has 7 heteroatoms. The van der Waals surface area contributed by atoms with Crippen LogP contribution in [0.2, 0.25) is 0 Å². The summed E-state index contributed by atoms with van der Waals surface area (Å²) in [6.07, 6.45) is 0.880. The molecule has 0 saturated heterocycles. The Balaban J connectivity index is 2.04. The predicted octanol–water partition coefficient (Wildman–Crippen LogP) is 3.23. The molecule has 0 bridgehead atoms. The second-order valence-corrected chi connectivity index (χ2v) is 5.58. The van der Waals surface area contributed by atoms with Crippen molar-refractivity contribution in [1.29, 1.82) is 0 Å². The zero-order chi connectivity index (χ0) is 13.2. The highest BCUT2D eigenvalue weighted by atomic mass is 32.2. The highest BCUT2D eigenvalue weighted by molar-refractivity contribution is 7.99. The van der Waals surface area contributed by atoms with Crippen molar-refractivity contribution in [3.8, 4) is 5.88 Å². The number of ether oxygens (including phenoxy) is 1. The number of fused-ring (bicyclic) bond motifs is 1. The SMILES string of the molecule is NC(=O)Oc1[nH]c2sccc2c1Sc1ccccn1. The first-order valence-electron chi connectivity index (χ1n) is 5.39. The van der Waals surface area contributed by atoms with Crippen LogP contribution in [0, 0.1) is 0 Å². The lowest BCUT2D eigenvalue weighted by Crippen LogP contribution is -2.16. The highest BCUT2D eigenvalue weighted by Gasteiger charge is 2.17. The average molecular weight is 291 g/mol. The molecule has 0 saturated carbocycles. The first kappa shape index (κ1) is 12.1. The Labute approximate surface area is 116 Å². The molecule has 0 radical (unpaired) electrons. The molecule has 0 atom stereocenters. The van der Waals surface area contributed by atoms with Gasteiger partial charge in [0.05, 0.1) is 4.90 Å². The molecule has 0 fully saturated rings. The van der Waals surface area contributed by atoms with Gasteiger partial charge in [0.25, 0.3) is 0 Å². The van der Waals surface area contributed by atoms with Gasteiger partial charge in [-0.05, 0) is 23.6 Å². The fraction of sp³-hybridized carbons (Fsp3) is 0. The molecule has 3 heterocycles. The summed E-state index contributed by atoms with van der Waals surface area (Å²) in [5, 5.41) is 3.79. The lowest BCUT2D eigenvalue weighted by atomic mass is 10.4. The molecule has 1 amide bonds. The van der Waals surface area contributed by atoms with E-state index in [4.69, 9.17) is 10.5 Å². The molecule has 0 aliphatic rings. The van der Waals surface area contributed by atoms with Gasteiger partial charge < -0.3 is 15.5 Å². The van der Waals surface area contributed by atoms with Crippen LogP contribution < -0.4 is 10.5 Å². The number of hydrogen-bond donors (Lipinski definition) is 2. The van der Waals surface area contributed by atoms with Gasteiger partial charge in [-0.2, -0.15) is 0 Å². The molecule has 3 N–H and O–H groups in total. The van der Waals surface area contributed by atoms with E-state index in [9.17, 15) is 4.79 Å². The fourth-order valence-electron chi connectivity index (χ4n) is 1.65. The van der Waals surface area contributed by atoms with E-state index in [1.165, 1.54) is 23.1 Å². The number of nitrogens with two attached hydrogens (primary N) is 1. The van der Waals surface area contributed by atoms with Crippen molar-refractivity contribution in [3.05, 3.63) is 35.8 Å². The predicted molar refractivity (Wildman–Crippen MR) is 74.7 cm³/mol. The maximum atomic E-state index is 10.9. The van der Waals surface area contributed by atoms with Crippen LogP contribution in [0.4, 0.5) is 4.79 Å². The smallest absolute Gasteiger partial charge is 0.392 e. The van der Waals surface area contributed by atoms with Gasteiger partial charge in [0.15, 0.2) is 0 Å². The molecular formula is C12H9N3O2S2. The summed E-state index contributed by atoms with van der Waals surface area (Å²) in [6.45, 7) is 0. The minimum Gasteiger partial charge on any atom is -0.392 e. The topological polar surface area (TPSA) is 81.0 Å². The molecule has 19 heavy (non-hydrogen) atoms. The van der Waals surface area contributed by atoms with E-state index in [2.05, 4.69) is 9.97 Å². The van der Waals surface area contributed by atoms with Gasteiger partial charge in [-0.25, -0.2) is 9.78 Å². The van der Waals surface area contributed by atoms with Crippen molar-refractivity contribution in [1.82, 2.24) is 9.97 Å². The number of aromatic nitrogens is 2. The van der Waals surface area contributed by atoms with E-state index in [0.717, 1.165) is 20.1 Å². The van der Waals surface area contributed by atoms with Crippen LogP contribution in [0.3, 0.4) is 0 Å². The Morgan fingerprint density at radius 1 is 1.42 bits per heavy atom. The fourth-order valence-corrected chi connectivity index (χ4v) is 3.44. The van der Waals surface area contributed by atoms with Gasteiger partial charge in [0.1, 0.15) is 9.86 Å². The van der Waals surface area contributed by atoms with Crippen LogP contribution >= 0.6 is 23.1 Å². The van der Waals surface area contributed by atoms with Gasteiger partial charge in [0, 0.05) is 11.6 Å². The molecule has 96 valence electrons. The van der Waals surface area contributed by atoms with E-state index in [1.54, 1.807) is 6.20 Å². The minimum atomic E-state index is -0.836. The number of hydrogen-bond acceptors (Lipinski definition) is 5. The zero-order valence-electron chi connectivity index (χ0n) is 9.62. The Morgan fingerprint density at radius 2 is 2.32 bits per heavy atom. The number of thiophene rings is 1. The standard InChI is InChI=1S/C12H9N3O2S2/c13-12(16)17-10-9(7-4-6-18-11(7)15-10)19-8-3-1-2-5-14-8/h1-6,15H,(H2,13,16). The first-order valence-corrected chi connectivity index (χ1v) is 7.09. The second-order valence-electron chi connectivity index (χ2n) is 3.64. The lowest BCUT2D eigenvalue weighted by molar-refractivity contribution is 0.208. The van der Waals surface area contributed by atoms with Crippen LogP contribution in [0.1, 0.15) is 0 Å². The average Bonchev–Trinajstić information content (AvgIpc) is 2.94. The molecule has 0 aromatic carbocycles. The van der Waals surface area contributed by atoms with E-state index < -0.39 is 6.09 Å². The normalized spacial score (nSPS) is 10.7. The third-order valence-electron chi connectivity index (χ3n) is 2.39. The number of rotatable bonds is 3. The van der Waals surface area contributed by atoms with Crippen LogP contribution in [-0.2, 0) is 0 Å². The number of pyridine rings is 1. The van der Waals surface area contributed by atoms with Crippen molar-refractivity contribution < 1.29 is 9.53 Å². The zero-order valence-corrected chi connectivity index (χ0v) is 11.3. The number of carbonyl (C=O) groups excluding carboxylic acids is 1. The van der Waals surface area contributed by atoms with Crippen molar-refractivity contribution in [2.75, 3.05) is 0 Å². The maximum absolute atomic E-state index is 10.9. The van der Waals surface area contributed by atoms with Gasteiger partial charge in [-0.3, -0.25) is 0 Å². The van der Waals surface area contributed by atoms with Crippen molar-refractivity contribution in [2.45, 2.75) is 9.92 Å². The molecule has 3 aromatic heterocycles. The summed E-state index contributed by atoms with van der Waals surface area (Å²) >= 11 is 2.97. The Hall–Kier alpha value is -1.99. The Kier molecular flexibility index (Phi) is 3.14. The maximum Gasteiger partial charge on any atom is 0.411 e. The van der Waals surface area contributed by atoms with Crippen molar-refractivity contribution in [3.63, 3.8) is 0 Å². The molecule has 3 aromatic rings. The Bertz CT molecular complexity index is 721. The summed E-state index contributed by atoms with van der Waals surface area (Å²) in [4.78, 5) is 20.0. The third kappa shape index (κ3) is 2.42. The number of nitrogens with zero attached hydrogens (tertiary/aromatic N) is 1. The summed E-state index contributed by atoms with van der Waals surface area (Å²) in [5.74, 6) is 0.366.